The summed E-state index contributed by atoms with van der Waals surface area (Å²) in [4.78, 5) is 5.12. The van der Waals surface area contributed by atoms with Crippen LogP contribution in [0.4, 0.5) is 0 Å². The Hall–Kier alpha value is -2.43. The van der Waals surface area contributed by atoms with E-state index < -0.39 is 0 Å². The summed E-state index contributed by atoms with van der Waals surface area (Å²) in [5.41, 5.74) is 3.65. The Labute approximate surface area is 174 Å². The van der Waals surface area contributed by atoms with Gasteiger partial charge in [-0.1, -0.05) is 78.0 Å². The molecular formula is C25H31N3O. The van der Waals surface area contributed by atoms with Crippen LogP contribution in [0.5, 0.6) is 0 Å². The molecule has 2 aliphatic rings. The molecule has 29 heavy (non-hydrogen) atoms. The van der Waals surface area contributed by atoms with Gasteiger partial charge in [-0.2, -0.15) is 0 Å². The molecule has 0 amide bonds. The van der Waals surface area contributed by atoms with Gasteiger partial charge >= 0.3 is 0 Å². The summed E-state index contributed by atoms with van der Waals surface area (Å²) in [6.07, 6.45) is 8.41. The Balaban J connectivity index is 1.50. The number of nitrogens with zero attached hydrogens (tertiary/aromatic N) is 3. The lowest BCUT2D eigenvalue weighted by molar-refractivity contribution is 0.0930. The van der Waals surface area contributed by atoms with E-state index in [9.17, 15) is 5.21 Å². The van der Waals surface area contributed by atoms with Crippen LogP contribution >= 0.6 is 0 Å². The fraction of sp³-hybridized carbons (Fsp3) is 0.400. The van der Waals surface area contributed by atoms with E-state index in [1.54, 1.807) is 0 Å². The van der Waals surface area contributed by atoms with Gasteiger partial charge < -0.3 is 5.21 Å². The lowest BCUT2D eigenvalue weighted by Crippen LogP contribution is -2.53. The number of piperazine rings is 1. The van der Waals surface area contributed by atoms with Gasteiger partial charge in [-0.15, -0.1) is 0 Å². The topological polar surface area (TPSA) is 39.1 Å². The summed E-state index contributed by atoms with van der Waals surface area (Å²) in [5.74, 6) is 0. The first-order valence-electron chi connectivity index (χ1n) is 10.8. The Morgan fingerprint density at radius 1 is 0.793 bits per heavy atom. The Kier molecular flexibility index (Phi) is 6.75. The van der Waals surface area contributed by atoms with Crippen molar-refractivity contribution in [1.29, 1.82) is 0 Å². The van der Waals surface area contributed by atoms with Crippen molar-refractivity contribution in [1.82, 2.24) is 9.80 Å². The predicted octanol–water partition coefficient (Wildman–Crippen LogP) is 4.72. The van der Waals surface area contributed by atoms with E-state index in [2.05, 4.69) is 87.8 Å². The minimum atomic E-state index is 0.263. The van der Waals surface area contributed by atoms with E-state index >= 15 is 0 Å². The first kappa shape index (κ1) is 19.9. The molecule has 1 N–H and O–H groups in total. The molecule has 1 aliphatic carbocycles. The molecule has 0 unspecified atom stereocenters. The van der Waals surface area contributed by atoms with Crippen molar-refractivity contribution >= 4 is 5.71 Å². The zero-order valence-electron chi connectivity index (χ0n) is 17.0. The maximum atomic E-state index is 9.57. The number of hydrogen-bond donors (Lipinski definition) is 1. The first-order chi connectivity index (χ1) is 14.4. The van der Waals surface area contributed by atoms with Crippen molar-refractivity contribution in [2.75, 3.05) is 26.2 Å². The van der Waals surface area contributed by atoms with Crippen molar-refractivity contribution in [3.05, 3.63) is 83.9 Å². The molecule has 0 saturated carbocycles. The summed E-state index contributed by atoms with van der Waals surface area (Å²) in [7, 11) is 0. The van der Waals surface area contributed by atoms with Crippen molar-refractivity contribution in [2.45, 2.75) is 37.8 Å². The molecule has 4 nitrogen and oxygen atoms in total. The van der Waals surface area contributed by atoms with Crippen LogP contribution in [0.3, 0.4) is 0 Å². The van der Waals surface area contributed by atoms with Crippen LogP contribution in [0.1, 0.15) is 42.9 Å². The van der Waals surface area contributed by atoms with Gasteiger partial charge in [0.05, 0.1) is 17.8 Å². The second-order valence-electron chi connectivity index (χ2n) is 7.99. The molecule has 0 radical (unpaired) electrons. The van der Waals surface area contributed by atoms with Crippen LogP contribution in [-0.2, 0) is 0 Å². The summed E-state index contributed by atoms with van der Waals surface area (Å²) >= 11 is 0. The standard InChI is InChI=1S/C25H31N3O/c29-26-23-15-9-1-2-10-16-24(23)27-17-19-28(20-18-27)25(21-11-5-3-6-12-21)22-13-7-4-8-14-22/h1-8,11-14,24-25,29H,9-10,15-20H2/b2-1?,26-23-/t24-/m0/s1. The second-order valence-corrected chi connectivity index (χ2v) is 7.99. The molecular weight excluding hydrogens is 358 g/mol. The quantitative estimate of drug-likeness (QED) is 0.467. The molecule has 2 aromatic rings. The molecule has 1 atom stereocenters. The average molecular weight is 390 g/mol. The van der Waals surface area contributed by atoms with Gasteiger partial charge in [0, 0.05) is 26.2 Å². The number of hydrogen-bond acceptors (Lipinski definition) is 4. The number of rotatable bonds is 4. The number of allylic oxidation sites excluding steroid dienone is 2. The summed E-state index contributed by atoms with van der Waals surface area (Å²) in [5, 5.41) is 13.3. The molecule has 1 fully saturated rings. The molecule has 152 valence electrons. The Morgan fingerprint density at radius 3 is 1.97 bits per heavy atom. The molecule has 4 rings (SSSR count). The van der Waals surface area contributed by atoms with Crippen molar-refractivity contribution in [3.8, 4) is 0 Å². The van der Waals surface area contributed by atoms with Crippen molar-refractivity contribution < 1.29 is 5.21 Å². The van der Waals surface area contributed by atoms with Gasteiger partial charge in [-0.3, -0.25) is 9.80 Å². The smallest absolute Gasteiger partial charge is 0.0745 e. The predicted molar refractivity (Wildman–Crippen MR) is 118 cm³/mol. The van der Waals surface area contributed by atoms with Gasteiger partial charge in [0.2, 0.25) is 0 Å². The largest absolute Gasteiger partial charge is 0.411 e. The van der Waals surface area contributed by atoms with Crippen LogP contribution < -0.4 is 0 Å². The Morgan fingerprint density at radius 2 is 1.38 bits per heavy atom. The number of benzene rings is 2. The molecule has 0 spiro atoms. The monoisotopic (exact) mass is 389 g/mol. The molecule has 1 heterocycles. The van der Waals surface area contributed by atoms with Gasteiger partial charge in [-0.25, -0.2) is 0 Å². The zero-order chi connectivity index (χ0) is 19.9. The third-order valence-corrected chi connectivity index (χ3v) is 6.24. The van der Waals surface area contributed by atoms with Gasteiger partial charge in [0.1, 0.15) is 0 Å². The fourth-order valence-corrected chi connectivity index (χ4v) is 4.76. The maximum absolute atomic E-state index is 9.57. The van der Waals surface area contributed by atoms with Crippen LogP contribution in [0.2, 0.25) is 0 Å². The lowest BCUT2D eigenvalue weighted by atomic mass is 9.94. The summed E-state index contributed by atoms with van der Waals surface area (Å²) in [6, 6.07) is 22.2. The minimum Gasteiger partial charge on any atom is -0.411 e. The van der Waals surface area contributed by atoms with E-state index in [4.69, 9.17) is 0 Å². The van der Waals surface area contributed by atoms with Crippen LogP contribution in [-0.4, -0.2) is 52.9 Å². The maximum Gasteiger partial charge on any atom is 0.0745 e. The average Bonchev–Trinajstić information content (AvgIpc) is 2.76. The highest BCUT2D eigenvalue weighted by atomic mass is 16.4. The Bertz CT molecular complexity index is 771. The van der Waals surface area contributed by atoms with Gasteiger partial charge in [0.25, 0.3) is 0 Å². The van der Waals surface area contributed by atoms with Crippen molar-refractivity contribution in [3.63, 3.8) is 0 Å². The number of oxime groups is 1. The summed E-state index contributed by atoms with van der Waals surface area (Å²) in [6.45, 7) is 4.03. The van der Waals surface area contributed by atoms with E-state index in [0.29, 0.717) is 0 Å². The highest BCUT2D eigenvalue weighted by molar-refractivity contribution is 5.89. The second kappa shape index (κ2) is 9.86. The van der Waals surface area contributed by atoms with Crippen LogP contribution in [0.15, 0.2) is 78.0 Å². The van der Waals surface area contributed by atoms with E-state index in [1.165, 1.54) is 11.1 Å². The molecule has 0 bridgehead atoms. The van der Waals surface area contributed by atoms with Crippen molar-refractivity contribution in [2.24, 2.45) is 5.16 Å². The van der Waals surface area contributed by atoms with E-state index in [-0.39, 0.29) is 12.1 Å². The first-order valence-corrected chi connectivity index (χ1v) is 10.8. The molecule has 4 heteroatoms. The third kappa shape index (κ3) is 4.77. The molecule has 2 aromatic carbocycles. The molecule has 1 aliphatic heterocycles. The normalized spacial score (nSPS) is 23.2. The van der Waals surface area contributed by atoms with E-state index in [0.717, 1.165) is 57.6 Å². The lowest BCUT2D eigenvalue weighted by Gasteiger charge is -2.43. The van der Waals surface area contributed by atoms with Crippen LogP contribution in [0.25, 0.3) is 0 Å². The SMILES string of the molecule is O/N=C1/CCC=CCC[C@@H]1N1CCN(C(c2ccccc2)c2ccccc2)CC1. The zero-order valence-corrected chi connectivity index (χ0v) is 17.0. The highest BCUT2D eigenvalue weighted by Gasteiger charge is 2.31. The highest BCUT2D eigenvalue weighted by Crippen LogP contribution is 2.30. The third-order valence-electron chi connectivity index (χ3n) is 6.24. The summed E-state index contributed by atoms with van der Waals surface area (Å²) < 4.78 is 0. The van der Waals surface area contributed by atoms with E-state index in [1.807, 2.05) is 0 Å². The fourth-order valence-electron chi connectivity index (χ4n) is 4.76. The molecule has 1 saturated heterocycles. The van der Waals surface area contributed by atoms with Gasteiger partial charge in [-0.05, 0) is 36.8 Å². The minimum absolute atomic E-state index is 0.263. The molecule has 0 aromatic heterocycles. The van der Waals surface area contributed by atoms with Gasteiger partial charge in [0.15, 0.2) is 0 Å². The van der Waals surface area contributed by atoms with Crippen LogP contribution in [0, 0.1) is 0 Å².